The van der Waals surface area contributed by atoms with E-state index in [-0.39, 0.29) is 5.41 Å². The fourth-order valence-corrected chi connectivity index (χ4v) is 1.46. The number of hydrogen-bond acceptors (Lipinski definition) is 4. The summed E-state index contributed by atoms with van der Waals surface area (Å²) in [5, 5.41) is 3.25. The summed E-state index contributed by atoms with van der Waals surface area (Å²) in [4.78, 5) is 12.8. The van der Waals surface area contributed by atoms with Gasteiger partial charge < -0.3 is 5.32 Å². The smallest absolute Gasteiger partial charge is 0.223 e. The van der Waals surface area contributed by atoms with Gasteiger partial charge in [0.25, 0.3) is 0 Å². The molecule has 0 amide bonds. The van der Waals surface area contributed by atoms with Gasteiger partial charge in [-0.15, -0.1) is 0 Å². The minimum Gasteiger partial charge on any atom is -0.354 e. The van der Waals surface area contributed by atoms with E-state index in [0.29, 0.717) is 5.95 Å². The van der Waals surface area contributed by atoms with Crippen molar-refractivity contribution >= 4 is 5.95 Å². The van der Waals surface area contributed by atoms with Crippen LogP contribution >= 0.6 is 0 Å². The minimum atomic E-state index is 0.202. The molecule has 2 aromatic heterocycles. The molecule has 4 heteroatoms. The van der Waals surface area contributed by atoms with Gasteiger partial charge in [0.05, 0.1) is 5.69 Å². The predicted molar refractivity (Wildman–Crippen MR) is 73.2 cm³/mol. The Morgan fingerprint density at radius 1 is 1.17 bits per heavy atom. The first-order chi connectivity index (χ1) is 8.54. The minimum absolute atomic E-state index is 0.202. The highest BCUT2D eigenvalue weighted by atomic mass is 15.1. The Balaban J connectivity index is 2.16. The topological polar surface area (TPSA) is 50.7 Å². The summed E-state index contributed by atoms with van der Waals surface area (Å²) in [6.07, 6.45) is 5.32. The maximum absolute atomic E-state index is 4.48. The van der Waals surface area contributed by atoms with Crippen LogP contribution in [-0.4, -0.2) is 21.5 Å². The second kappa shape index (κ2) is 5.12. The molecule has 0 saturated heterocycles. The highest BCUT2D eigenvalue weighted by molar-refractivity contribution is 5.58. The lowest BCUT2D eigenvalue weighted by molar-refractivity contribution is 0.442. The van der Waals surface area contributed by atoms with Crippen molar-refractivity contribution < 1.29 is 0 Å². The second-order valence-corrected chi connectivity index (χ2v) is 5.42. The van der Waals surface area contributed by atoms with E-state index >= 15 is 0 Å². The van der Waals surface area contributed by atoms with E-state index in [1.54, 1.807) is 18.6 Å². The number of aromatic nitrogens is 3. The van der Waals surface area contributed by atoms with Crippen molar-refractivity contribution in [1.82, 2.24) is 15.0 Å². The van der Waals surface area contributed by atoms with Gasteiger partial charge in [-0.2, -0.15) is 0 Å². The van der Waals surface area contributed by atoms with E-state index in [1.807, 2.05) is 18.2 Å². The molecule has 0 aliphatic heterocycles. The summed E-state index contributed by atoms with van der Waals surface area (Å²) >= 11 is 0. The van der Waals surface area contributed by atoms with E-state index < -0.39 is 0 Å². The molecule has 0 atom stereocenters. The van der Waals surface area contributed by atoms with Crippen molar-refractivity contribution in [3.63, 3.8) is 0 Å². The zero-order valence-corrected chi connectivity index (χ0v) is 11.0. The molecule has 4 nitrogen and oxygen atoms in total. The quantitative estimate of drug-likeness (QED) is 0.899. The molecule has 2 heterocycles. The van der Waals surface area contributed by atoms with Crippen molar-refractivity contribution in [2.45, 2.75) is 20.8 Å². The summed E-state index contributed by atoms with van der Waals surface area (Å²) in [5.41, 5.74) is 2.08. The average Bonchev–Trinajstić information content (AvgIpc) is 2.37. The van der Waals surface area contributed by atoms with Gasteiger partial charge in [0.1, 0.15) is 0 Å². The Kier molecular flexibility index (Phi) is 3.55. The van der Waals surface area contributed by atoms with Gasteiger partial charge in [-0.1, -0.05) is 20.8 Å². The zero-order chi connectivity index (χ0) is 13.0. The van der Waals surface area contributed by atoms with Crippen LogP contribution < -0.4 is 5.32 Å². The largest absolute Gasteiger partial charge is 0.354 e. The van der Waals surface area contributed by atoms with Crippen LogP contribution in [0.2, 0.25) is 0 Å². The molecule has 0 aliphatic rings. The Hall–Kier alpha value is -1.97. The van der Waals surface area contributed by atoms with Crippen LogP contribution in [0.3, 0.4) is 0 Å². The maximum Gasteiger partial charge on any atom is 0.223 e. The van der Waals surface area contributed by atoms with Crippen LogP contribution in [0.4, 0.5) is 5.95 Å². The molecule has 0 aliphatic carbocycles. The molecule has 0 unspecified atom stereocenters. The predicted octanol–water partition coefficient (Wildman–Crippen LogP) is 3.00. The molecule has 1 N–H and O–H groups in total. The third-order valence-electron chi connectivity index (χ3n) is 2.39. The number of rotatable bonds is 3. The highest BCUT2D eigenvalue weighted by Crippen LogP contribution is 2.17. The number of pyridine rings is 1. The highest BCUT2D eigenvalue weighted by Gasteiger charge is 2.10. The molecule has 2 rings (SSSR count). The van der Waals surface area contributed by atoms with Crippen molar-refractivity contribution in [3.8, 4) is 11.3 Å². The molecule has 94 valence electrons. The van der Waals surface area contributed by atoms with Gasteiger partial charge in [0, 0.05) is 30.7 Å². The number of nitrogens with one attached hydrogen (secondary N) is 1. The molecule has 0 aromatic carbocycles. The van der Waals surface area contributed by atoms with Crippen molar-refractivity contribution in [1.29, 1.82) is 0 Å². The lowest BCUT2D eigenvalue weighted by Crippen LogP contribution is -2.20. The van der Waals surface area contributed by atoms with Gasteiger partial charge in [-0.05, 0) is 23.6 Å². The van der Waals surface area contributed by atoms with Gasteiger partial charge in [-0.3, -0.25) is 4.98 Å². The van der Waals surface area contributed by atoms with E-state index in [9.17, 15) is 0 Å². The summed E-state index contributed by atoms with van der Waals surface area (Å²) < 4.78 is 0. The van der Waals surface area contributed by atoms with Crippen molar-refractivity contribution in [2.75, 3.05) is 11.9 Å². The van der Waals surface area contributed by atoms with E-state index in [0.717, 1.165) is 17.8 Å². The first-order valence-corrected chi connectivity index (χ1v) is 6.02. The first-order valence-electron chi connectivity index (χ1n) is 6.02. The fourth-order valence-electron chi connectivity index (χ4n) is 1.46. The average molecular weight is 242 g/mol. The first kappa shape index (κ1) is 12.5. The third kappa shape index (κ3) is 3.52. The molecule has 0 spiro atoms. The van der Waals surface area contributed by atoms with E-state index in [2.05, 4.69) is 41.0 Å². The molecule has 0 saturated carbocycles. The third-order valence-corrected chi connectivity index (χ3v) is 2.39. The Morgan fingerprint density at radius 3 is 2.67 bits per heavy atom. The lowest BCUT2D eigenvalue weighted by atomic mass is 9.97. The van der Waals surface area contributed by atoms with E-state index in [4.69, 9.17) is 0 Å². The van der Waals surface area contributed by atoms with Crippen LogP contribution in [0.15, 0.2) is 36.8 Å². The Morgan fingerprint density at radius 2 is 2.00 bits per heavy atom. The lowest BCUT2D eigenvalue weighted by Gasteiger charge is -2.18. The number of anilines is 1. The van der Waals surface area contributed by atoms with Crippen LogP contribution in [0.1, 0.15) is 20.8 Å². The monoisotopic (exact) mass is 242 g/mol. The molecular weight excluding hydrogens is 224 g/mol. The van der Waals surface area contributed by atoms with Crippen molar-refractivity contribution in [2.24, 2.45) is 5.41 Å². The van der Waals surface area contributed by atoms with E-state index in [1.165, 1.54) is 0 Å². The Labute approximate surface area is 108 Å². The Bertz CT molecular complexity index is 503. The van der Waals surface area contributed by atoms with Crippen molar-refractivity contribution in [3.05, 3.63) is 36.8 Å². The number of nitrogens with zero attached hydrogens (tertiary/aromatic N) is 3. The normalized spacial score (nSPS) is 11.3. The zero-order valence-electron chi connectivity index (χ0n) is 11.0. The second-order valence-electron chi connectivity index (χ2n) is 5.42. The summed E-state index contributed by atoms with van der Waals surface area (Å²) in [7, 11) is 0. The molecule has 0 fully saturated rings. The summed E-state index contributed by atoms with van der Waals surface area (Å²) in [5.74, 6) is 0.659. The fraction of sp³-hybridized carbons (Fsp3) is 0.357. The number of hydrogen-bond donors (Lipinski definition) is 1. The molecule has 0 bridgehead atoms. The molecule has 18 heavy (non-hydrogen) atoms. The molecule has 0 radical (unpaired) electrons. The van der Waals surface area contributed by atoms with Gasteiger partial charge in [0.15, 0.2) is 0 Å². The standard InChI is InChI=1S/C14H18N4/c1-14(2,3)10-17-13-16-8-6-12(18-13)11-5-4-7-15-9-11/h4-9H,10H2,1-3H3,(H,16,17,18). The molecular formula is C14H18N4. The maximum atomic E-state index is 4.48. The SMILES string of the molecule is CC(C)(C)CNc1nccc(-c2cccnc2)n1. The molecule has 2 aromatic rings. The van der Waals surface area contributed by atoms with Crippen LogP contribution in [-0.2, 0) is 0 Å². The van der Waals surface area contributed by atoms with Gasteiger partial charge >= 0.3 is 0 Å². The van der Waals surface area contributed by atoms with Gasteiger partial charge in [-0.25, -0.2) is 9.97 Å². The van der Waals surface area contributed by atoms with Crippen LogP contribution in [0.25, 0.3) is 11.3 Å². The van der Waals surface area contributed by atoms with Crippen LogP contribution in [0.5, 0.6) is 0 Å². The van der Waals surface area contributed by atoms with Gasteiger partial charge in [0.2, 0.25) is 5.95 Å². The van der Waals surface area contributed by atoms with Crippen LogP contribution in [0, 0.1) is 5.41 Å². The summed E-state index contributed by atoms with van der Waals surface area (Å²) in [6.45, 7) is 7.35. The summed E-state index contributed by atoms with van der Waals surface area (Å²) in [6, 6.07) is 5.78.